The van der Waals surface area contributed by atoms with Crippen LogP contribution in [0.2, 0.25) is 0 Å². The van der Waals surface area contributed by atoms with E-state index in [1.165, 1.54) is 25.7 Å². The molecule has 0 aliphatic carbocycles. The summed E-state index contributed by atoms with van der Waals surface area (Å²) in [6, 6.07) is 0. The van der Waals surface area contributed by atoms with Gasteiger partial charge in [-0.15, -0.1) is 0 Å². The second kappa shape index (κ2) is 9.92. The highest BCUT2D eigenvalue weighted by molar-refractivity contribution is 4.45. The van der Waals surface area contributed by atoms with E-state index in [2.05, 4.69) is 16.8 Å². The molecule has 0 aromatic rings. The van der Waals surface area contributed by atoms with Gasteiger partial charge in [-0.3, -0.25) is 0 Å². The van der Waals surface area contributed by atoms with Crippen molar-refractivity contribution in [3.8, 4) is 0 Å². The number of hydrogen-bond acceptors (Lipinski definition) is 4. The second-order valence-corrected chi connectivity index (χ2v) is 3.18. The molecule has 0 radical (unpaired) electrons. The Morgan fingerprint density at radius 1 is 1.08 bits per heavy atom. The average molecular weight is 192 g/mol. The van der Waals surface area contributed by atoms with Gasteiger partial charge in [0.05, 0.1) is 0 Å². The molecule has 0 aliphatic rings. The van der Waals surface area contributed by atoms with Gasteiger partial charge in [0, 0.05) is 6.42 Å². The van der Waals surface area contributed by atoms with Gasteiger partial charge < -0.3 is 5.11 Å². The molecule has 0 aliphatic heterocycles. The highest BCUT2D eigenvalue weighted by Crippen LogP contribution is 2.08. The molecule has 13 heavy (non-hydrogen) atoms. The molecule has 0 rings (SSSR count). The standard InChI is InChI=1S/C9H20O4/c1-2-3-4-5-6-7-8-9(10)12-13-11/h9-11H,2-8H2,1H3. The maximum atomic E-state index is 8.94. The Morgan fingerprint density at radius 2 is 1.69 bits per heavy atom. The van der Waals surface area contributed by atoms with Crippen molar-refractivity contribution in [1.82, 2.24) is 0 Å². The van der Waals surface area contributed by atoms with Crippen LogP contribution in [0.5, 0.6) is 0 Å². The van der Waals surface area contributed by atoms with Gasteiger partial charge >= 0.3 is 0 Å². The Bertz CT molecular complexity index is 97.6. The van der Waals surface area contributed by atoms with Crippen LogP contribution in [0.1, 0.15) is 51.9 Å². The molecule has 0 spiro atoms. The molecule has 1 unspecified atom stereocenters. The summed E-state index contributed by atoms with van der Waals surface area (Å²) in [7, 11) is 0. The zero-order valence-corrected chi connectivity index (χ0v) is 8.24. The van der Waals surface area contributed by atoms with Gasteiger partial charge in [0.25, 0.3) is 0 Å². The quantitative estimate of drug-likeness (QED) is 0.255. The van der Waals surface area contributed by atoms with E-state index >= 15 is 0 Å². The minimum absolute atomic E-state index is 0.507. The molecule has 0 amide bonds. The van der Waals surface area contributed by atoms with E-state index in [-0.39, 0.29) is 0 Å². The number of hydrogen-bond donors (Lipinski definition) is 2. The van der Waals surface area contributed by atoms with E-state index in [0.29, 0.717) is 6.42 Å². The van der Waals surface area contributed by atoms with Crippen molar-refractivity contribution in [2.24, 2.45) is 0 Å². The van der Waals surface area contributed by atoms with E-state index in [1.54, 1.807) is 0 Å². The second-order valence-electron chi connectivity index (χ2n) is 3.18. The van der Waals surface area contributed by atoms with E-state index in [4.69, 9.17) is 10.4 Å². The normalized spacial score (nSPS) is 13.2. The van der Waals surface area contributed by atoms with E-state index in [9.17, 15) is 0 Å². The summed E-state index contributed by atoms with van der Waals surface area (Å²) in [6.07, 6.45) is 6.45. The molecule has 0 aromatic heterocycles. The van der Waals surface area contributed by atoms with Gasteiger partial charge in [-0.2, -0.15) is 4.89 Å². The third-order valence-electron chi connectivity index (χ3n) is 1.96. The Hall–Kier alpha value is -0.160. The molecule has 0 aromatic carbocycles. The smallest absolute Gasteiger partial charge is 0.191 e. The number of rotatable bonds is 9. The summed E-state index contributed by atoms with van der Waals surface area (Å²) in [5.74, 6) is 0. The van der Waals surface area contributed by atoms with Crippen LogP contribution in [0, 0.1) is 0 Å². The molecule has 1 atom stereocenters. The fraction of sp³-hybridized carbons (Fsp3) is 1.00. The summed E-state index contributed by atoms with van der Waals surface area (Å²) < 4.78 is 0. The third kappa shape index (κ3) is 9.76. The molecule has 0 saturated heterocycles. The predicted octanol–water partition coefficient (Wildman–Crippen LogP) is 2.48. The summed E-state index contributed by atoms with van der Waals surface area (Å²) >= 11 is 0. The van der Waals surface area contributed by atoms with Gasteiger partial charge in [0.1, 0.15) is 0 Å². The number of unbranched alkanes of at least 4 members (excludes halogenated alkanes) is 5. The SMILES string of the molecule is CCCCCCCCC(O)OOO. The molecule has 4 heteroatoms. The molecule has 4 nitrogen and oxygen atoms in total. The molecule has 2 N–H and O–H groups in total. The van der Waals surface area contributed by atoms with E-state index < -0.39 is 6.29 Å². The monoisotopic (exact) mass is 192 g/mol. The largest absolute Gasteiger partial charge is 0.366 e. The lowest BCUT2D eigenvalue weighted by atomic mass is 10.1. The minimum Gasteiger partial charge on any atom is -0.366 e. The first kappa shape index (κ1) is 12.8. The third-order valence-corrected chi connectivity index (χ3v) is 1.96. The molecule has 0 saturated carbocycles. The molecule has 0 bridgehead atoms. The fourth-order valence-electron chi connectivity index (χ4n) is 1.20. The highest BCUT2D eigenvalue weighted by atomic mass is 17.5. The average Bonchev–Trinajstić information content (AvgIpc) is 2.11. The maximum absolute atomic E-state index is 8.94. The van der Waals surface area contributed by atoms with Crippen molar-refractivity contribution in [2.45, 2.75) is 58.2 Å². The Kier molecular flexibility index (Phi) is 9.80. The lowest BCUT2D eigenvalue weighted by molar-refractivity contribution is -0.527. The lowest BCUT2D eigenvalue weighted by Gasteiger charge is -2.06. The molecule has 0 heterocycles. The van der Waals surface area contributed by atoms with Crippen LogP contribution < -0.4 is 0 Å². The molecule has 80 valence electrons. The lowest BCUT2D eigenvalue weighted by Crippen LogP contribution is -2.10. The molecular weight excluding hydrogens is 172 g/mol. The molecule has 0 fully saturated rings. The van der Waals surface area contributed by atoms with Crippen LogP contribution in [0.25, 0.3) is 0 Å². The summed E-state index contributed by atoms with van der Waals surface area (Å²) in [5.41, 5.74) is 0. The van der Waals surface area contributed by atoms with Crippen LogP contribution in [0.15, 0.2) is 0 Å². The first-order valence-electron chi connectivity index (χ1n) is 4.96. The maximum Gasteiger partial charge on any atom is 0.191 e. The van der Waals surface area contributed by atoms with Crippen LogP contribution >= 0.6 is 0 Å². The summed E-state index contributed by atoms with van der Waals surface area (Å²) in [5, 5.41) is 20.1. The topological polar surface area (TPSA) is 58.9 Å². The van der Waals surface area contributed by atoms with Gasteiger partial charge in [-0.25, -0.2) is 5.26 Å². The van der Waals surface area contributed by atoms with E-state index in [1.807, 2.05) is 0 Å². The Balaban J connectivity index is 2.97. The van der Waals surface area contributed by atoms with Gasteiger partial charge in [-0.05, 0) is 6.42 Å². The Labute approximate surface area is 79.3 Å². The summed E-state index contributed by atoms with van der Waals surface area (Å²) in [4.78, 5) is 4.08. The van der Waals surface area contributed by atoms with Crippen molar-refractivity contribution in [3.05, 3.63) is 0 Å². The van der Waals surface area contributed by atoms with Crippen molar-refractivity contribution < 1.29 is 20.3 Å². The van der Waals surface area contributed by atoms with Crippen LogP contribution in [-0.4, -0.2) is 16.7 Å². The van der Waals surface area contributed by atoms with Crippen molar-refractivity contribution >= 4 is 0 Å². The first-order chi connectivity index (χ1) is 6.31. The number of aliphatic hydroxyl groups excluding tert-OH is 1. The van der Waals surface area contributed by atoms with Crippen LogP contribution in [-0.2, 0) is 9.93 Å². The highest BCUT2D eigenvalue weighted by Gasteiger charge is 2.03. The van der Waals surface area contributed by atoms with Gasteiger partial charge in [0.15, 0.2) is 6.29 Å². The summed E-state index contributed by atoms with van der Waals surface area (Å²) in [6.45, 7) is 2.18. The minimum atomic E-state index is -1.00. The van der Waals surface area contributed by atoms with Crippen molar-refractivity contribution in [3.63, 3.8) is 0 Å². The zero-order chi connectivity index (χ0) is 9.94. The van der Waals surface area contributed by atoms with Crippen molar-refractivity contribution in [1.29, 1.82) is 0 Å². The van der Waals surface area contributed by atoms with Crippen LogP contribution in [0.3, 0.4) is 0 Å². The Morgan fingerprint density at radius 3 is 2.31 bits per heavy atom. The molecular formula is C9H20O4. The zero-order valence-electron chi connectivity index (χ0n) is 8.24. The predicted molar refractivity (Wildman–Crippen MR) is 48.8 cm³/mol. The van der Waals surface area contributed by atoms with Gasteiger partial charge in [-0.1, -0.05) is 44.1 Å². The number of aliphatic hydroxyl groups is 1. The van der Waals surface area contributed by atoms with Crippen molar-refractivity contribution in [2.75, 3.05) is 0 Å². The van der Waals surface area contributed by atoms with E-state index in [0.717, 1.165) is 12.8 Å². The van der Waals surface area contributed by atoms with Gasteiger partial charge in [0.2, 0.25) is 0 Å². The van der Waals surface area contributed by atoms with Crippen LogP contribution in [0.4, 0.5) is 0 Å². The fourth-order valence-corrected chi connectivity index (χ4v) is 1.20. The first-order valence-corrected chi connectivity index (χ1v) is 4.96.